The van der Waals surface area contributed by atoms with Gasteiger partial charge in [-0.05, 0) is 20.8 Å². The molecule has 0 radical (unpaired) electrons. The average Bonchev–Trinajstić information content (AvgIpc) is 2.18. The number of hydrogen-bond donors (Lipinski definition) is 0. The van der Waals surface area contributed by atoms with E-state index in [2.05, 4.69) is 0 Å². The van der Waals surface area contributed by atoms with E-state index in [1.807, 2.05) is 0 Å². The highest BCUT2D eigenvalue weighted by Gasteiger charge is 2.48. The largest absolute Gasteiger partial charge is 0.693 e. The molecule has 0 bridgehead atoms. The van der Waals surface area contributed by atoms with Gasteiger partial charge >= 0.3 is 9.05 Å². The molecule has 0 saturated carbocycles. The lowest BCUT2D eigenvalue weighted by Gasteiger charge is -2.26. The van der Waals surface area contributed by atoms with E-state index in [0.29, 0.717) is 19.8 Å². The zero-order chi connectivity index (χ0) is 12.7. The second kappa shape index (κ2) is 7.70. The molecule has 0 aromatic rings. The van der Waals surface area contributed by atoms with Crippen LogP contribution < -0.4 is 0 Å². The van der Waals surface area contributed by atoms with Gasteiger partial charge in [0.2, 0.25) is 0 Å². The van der Waals surface area contributed by atoms with Crippen LogP contribution in [0.15, 0.2) is 0 Å². The summed E-state index contributed by atoms with van der Waals surface area (Å²) in [5, 5.41) is 0. The fourth-order valence-corrected chi connectivity index (χ4v) is 5.30. The molecule has 98 valence electrons. The Labute approximate surface area is 104 Å². The van der Waals surface area contributed by atoms with Gasteiger partial charge in [0, 0.05) is 36.8 Å². The van der Waals surface area contributed by atoms with Crippen molar-refractivity contribution in [3.63, 3.8) is 0 Å². The highest BCUT2D eigenvalue weighted by Crippen LogP contribution is 2.15. The van der Waals surface area contributed by atoms with Crippen molar-refractivity contribution in [2.24, 2.45) is 0 Å². The predicted molar refractivity (Wildman–Crippen MR) is 67.8 cm³/mol. The molecule has 0 rings (SSSR count). The van der Waals surface area contributed by atoms with Gasteiger partial charge in [-0.15, -0.1) is 0 Å². The molecule has 1 atom stereocenters. The maximum Gasteiger partial charge on any atom is 0.693 e. The SMILES string of the molecule is CCO[Si](OCC)(OCC)OS(=O)(=S)CC. The van der Waals surface area contributed by atoms with Crippen LogP contribution in [0.1, 0.15) is 27.7 Å². The average molecular weight is 288 g/mol. The lowest BCUT2D eigenvalue weighted by molar-refractivity contribution is 0.0138. The fraction of sp³-hybridized carbons (Fsp3) is 1.00. The third kappa shape index (κ3) is 5.67. The van der Waals surface area contributed by atoms with Crippen molar-refractivity contribution in [3.8, 4) is 0 Å². The molecule has 0 aliphatic rings. The topological polar surface area (TPSA) is 54.0 Å². The second-order valence-electron chi connectivity index (χ2n) is 2.73. The smallest absolute Gasteiger partial charge is 0.351 e. The van der Waals surface area contributed by atoms with Crippen molar-refractivity contribution < 1.29 is 21.4 Å². The number of rotatable bonds is 9. The van der Waals surface area contributed by atoms with E-state index in [1.54, 1.807) is 27.7 Å². The molecule has 0 aliphatic heterocycles. The van der Waals surface area contributed by atoms with Gasteiger partial charge in [0.1, 0.15) is 8.77 Å². The van der Waals surface area contributed by atoms with E-state index >= 15 is 0 Å². The first-order valence-electron chi connectivity index (χ1n) is 5.30. The van der Waals surface area contributed by atoms with E-state index < -0.39 is 17.8 Å². The van der Waals surface area contributed by atoms with Crippen LogP contribution in [0.3, 0.4) is 0 Å². The lowest BCUT2D eigenvalue weighted by Crippen LogP contribution is -2.50. The minimum Gasteiger partial charge on any atom is -0.351 e. The van der Waals surface area contributed by atoms with Crippen LogP contribution in [-0.4, -0.2) is 38.8 Å². The molecule has 16 heavy (non-hydrogen) atoms. The summed E-state index contributed by atoms with van der Waals surface area (Å²) in [7, 11) is -6.16. The summed E-state index contributed by atoms with van der Waals surface area (Å²) in [6, 6.07) is 0. The quantitative estimate of drug-likeness (QED) is 0.595. The third-order valence-electron chi connectivity index (χ3n) is 1.55. The first-order chi connectivity index (χ1) is 7.45. The Kier molecular flexibility index (Phi) is 7.90. The molecular formula is C8H20O5S2Si. The normalized spacial score (nSPS) is 16.0. The Morgan fingerprint density at radius 2 is 1.38 bits per heavy atom. The Hall–Kier alpha value is 0.427. The highest BCUT2D eigenvalue weighted by atomic mass is 32.8. The predicted octanol–water partition coefficient (Wildman–Crippen LogP) is 1.23. The van der Waals surface area contributed by atoms with Crippen molar-refractivity contribution in [3.05, 3.63) is 0 Å². The standard InChI is InChI=1S/C8H20O5S2Si/c1-5-10-16(11-6-2,12-7-3)13-15(9,14)8-4/h5-8H2,1-4H3. The highest BCUT2D eigenvalue weighted by molar-refractivity contribution is 8.30. The summed E-state index contributed by atoms with van der Waals surface area (Å²) in [5.41, 5.74) is 0. The molecule has 0 fully saturated rings. The minimum absolute atomic E-state index is 0.226. The van der Waals surface area contributed by atoms with Gasteiger partial charge in [0.05, 0.1) is 0 Å². The van der Waals surface area contributed by atoms with Crippen LogP contribution in [0.2, 0.25) is 0 Å². The first-order valence-corrected chi connectivity index (χ1v) is 9.51. The van der Waals surface area contributed by atoms with Crippen molar-refractivity contribution in [1.82, 2.24) is 0 Å². The van der Waals surface area contributed by atoms with Crippen LogP contribution >= 0.6 is 0 Å². The summed E-state index contributed by atoms with van der Waals surface area (Å²) in [4.78, 5) is 0. The Morgan fingerprint density at radius 1 is 1.00 bits per heavy atom. The Balaban J connectivity index is 4.85. The van der Waals surface area contributed by atoms with E-state index in [9.17, 15) is 4.21 Å². The first kappa shape index (κ1) is 16.4. The molecule has 0 amide bonds. The molecule has 0 aliphatic carbocycles. The van der Waals surface area contributed by atoms with Crippen molar-refractivity contribution in [2.75, 3.05) is 25.6 Å². The lowest BCUT2D eigenvalue weighted by atomic mass is 10.9. The summed E-state index contributed by atoms with van der Waals surface area (Å²) >= 11 is 4.84. The van der Waals surface area contributed by atoms with Crippen molar-refractivity contribution >= 4 is 29.0 Å². The van der Waals surface area contributed by atoms with Gasteiger partial charge in [-0.3, -0.25) is 3.87 Å². The van der Waals surface area contributed by atoms with E-state index in [-0.39, 0.29) is 5.75 Å². The maximum absolute atomic E-state index is 11.8. The summed E-state index contributed by atoms with van der Waals surface area (Å²) in [6.07, 6.45) is 0. The maximum atomic E-state index is 11.8. The van der Waals surface area contributed by atoms with Crippen molar-refractivity contribution in [2.45, 2.75) is 27.7 Å². The third-order valence-corrected chi connectivity index (χ3v) is 7.33. The molecule has 5 nitrogen and oxygen atoms in total. The van der Waals surface area contributed by atoms with E-state index in [0.717, 1.165) is 0 Å². The second-order valence-corrected chi connectivity index (χ2v) is 8.48. The van der Waals surface area contributed by atoms with Crippen molar-refractivity contribution in [1.29, 1.82) is 0 Å². The minimum atomic E-state index is -3.33. The van der Waals surface area contributed by atoms with Gasteiger partial charge in [-0.2, -0.15) is 0 Å². The zero-order valence-electron chi connectivity index (χ0n) is 10.2. The molecule has 0 heterocycles. The summed E-state index contributed by atoms with van der Waals surface area (Å²) < 4.78 is 33.2. The summed E-state index contributed by atoms with van der Waals surface area (Å²) in [6.45, 7) is 8.15. The molecule has 0 saturated heterocycles. The molecular weight excluding hydrogens is 268 g/mol. The van der Waals surface area contributed by atoms with E-state index in [4.69, 9.17) is 28.3 Å². The van der Waals surface area contributed by atoms with Crippen LogP contribution in [0, 0.1) is 0 Å². The van der Waals surface area contributed by atoms with Gasteiger partial charge in [-0.25, -0.2) is 4.21 Å². The van der Waals surface area contributed by atoms with Gasteiger partial charge in [0.15, 0.2) is 0 Å². The van der Waals surface area contributed by atoms with Gasteiger partial charge in [-0.1, -0.05) is 6.92 Å². The molecule has 8 heteroatoms. The molecule has 1 unspecified atom stereocenters. The fourth-order valence-electron chi connectivity index (χ4n) is 0.942. The Morgan fingerprint density at radius 3 is 1.62 bits per heavy atom. The Bertz CT molecular complexity index is 263. The van der Waals surface area contributed by atoms with Crippen LogP contribution in [0.25, 0.3) is 0 Å². The summed E-state index contributed by atoms with van der Waals surface area (Å²) in [5.74, 6) is 0.226. The monoisotopic (exact) mass is 288 g/mol. The van der Waals surface area contributed by atoms with Crippen LogP contribution in [-0.2, 0) is 37.1 Å². The molecule has 0 spiro atoms. The number of hydrogen-bond acceptors (Lipinski definition) is 6. The van der Waals surface area contributed by atoms with E-state index in [1.165, 1.54) is 0 Å². The van der Waals surface area contributed by atoms with Crippen LogP contribution in [0.4, 0.5) is 0 Å². The molecule has 0 aromatic carbocycles. The zero-order valence-corrected chi connectivity index (χ0v) is 12.8. The van der Waals surface area contributed by atoms with Gasteiger partial charge < -0.3 is 13.3 Å². The molecule has 0 aromatic heterocycles. The van der Waals surface area contributed by atoms with Gasteiger partial charge in [0.25, 0.3) is 0 Å². The van der Waals surface area contributed by atoms with Crippen LogP contribution in [0.5, 0.6) is 0 Å². The molecule has 0 N–H and O–H groups in total.